The van der Waals surface area contributed by atoms with Crippen molar-refractivity contribution in [3.63, 3.8) is 0 Å². The van der Waals surface area contributed by atoms with Crippen LogP contribution in [-0.2, 0) is 21.0 Å². The molecule has 2 N–H and O–H groups in total. The van der Waals surface area contributed by atoms with Crippen LogP contribution in [0.4, 0.5) is 23.2 Å². The number of benzene rings is 2. The largest absolute Gasteiger partial charge is 0.483 e. The van der Waals surface area contributed by atoms with E-state index in [2.05, 4.69) is 10.0 Å². The van der Waals surface area contributed by atoms with Gasteiger partial charge < -0.3 is 10.1 Å². The van der Waals surface area contributed by atoms with E-state index >= 15 is 0 Å². The summed E-state index contributed by atoms with van der Waals surface area (Å²) in [6, 6.07) is 5.84. The number of hydrogen-bond acceptors (Lipinski definition) is 4. The number of ether oxygens (including phenoxy) is 1. The van der Waals surface area contributed by atoms with Gasteiger partial charge in [-0.3, -0.25) is 4.79 Å². The number of anilines is 1. The van der Waals surface area contributed by atoms with Crippen molar-refractivity contribution in [1.82, 2.24) is 4.72 Å². The Kier molecular flexibility index (Phi) is 7.09. The molecule has 0 unspecified atom stereocenters. The fourth-order valence-corrected chi connectivity index (χ4v) is 3.83. The van der Waals surface area contributed by atoms with Crippen molar-refractivity contribution >= 4 is 21.6 Å². The molecule has 11 heteroatoms. The standard InChI is InChI=1S/C19H20F4N2O4S/c1-11(2)25-30(27,28)14-5-7-17(12(3)8-14)29-10-18(26)24-13-4-6-16(20)15(9-13)19(21,22)23/h4-9,11,25H,10H2,1-3H3,(H,24,26). The second-order valence-corrected chi connectivity index (χ2v) is 8.45. The third kappa shape index (κ3) is 6.17. The second kappa shape index (κ2) is 9.00. The van der Waals surface area contributed by atoms with Crippen LogP contribution in [-0.4, -0.2) is 27.0 Å². The summed E-state index contributed by atoms with van der Waals surface area (Å²) >= 11 is 0. The summed E-state index contributed by atoms with van der Waals surface area (Å²) in [7, 11) is -3.70. The van der Waals surface area contributed by atoms with Crippen LogP contribution in [0, 0.1) is 12.7 Å². The zero-order valence-electron chi connectivity index (χ0n) is 16.3. The molecule has 0 atom stereocenters. The number of carbonyl (C=O) groups excluding carboxylic acids is 1. The average molecular weight is 448 g/mol. The summed E-state index contributed by atoms with van der Waals surface area (Å²) in [5.41, 5.74) is -1.30. The van der Waals surface area contributed by atoms with Gasteiger partial charge in [-0.05, 0) is 62.7 Å². The highest BCUT2D eigenvalue weighted by atomic mass is 32.2. The van der Waals surface area contributed by atoms with Gasteiger partial charge in [0, 0.05) is 11.7 Å². The lowest BCUT2D eigenvalue weighted by Gasteiger charge is -2.13. The normalized spacial score (nSPS) is 12.1. The van der Waals surface area contributed by atoms with Crippen LogP contribution in [0.3, 0.4) is 0 Å². The topological polar surface area (TPSA) is 84.5 Å². The molecular formula is C19H20F4N2O4S. The molecule has 0 fully saturated rings. The zero-order valence-corrected chi connectivity index (χ0v) is 17.1. The van der Waals surface area contributed by atoms with E-state index in [0.29, 0.717) is 17.7 Å². The number of halogens is 4. The Morgan fingerprint density at radius 2 is 1.80 bits per heavy atom. The van der Waals surface area contributed by atoms with E-state index in [4.69, 9.17) is 4.74 Å². The van der Waals surface area contributed by atoms with Crippen LogP contribution >= 0.6 is 0 Å². The van der Waals surface area contributed by atoms with Crippen LogP contribution in [0.15, 0.2) is 41.3 Å². The number of rotatable bonds is 7. The maximum Gasteiger partial charge on any atom is 0.419 e. The number of carbonyl (C=O) groups is 1. The summed E-state index contributed by atoms with van der Waals surface area (Å²) in [5.74, 6) is -1.99. The number of sulfonamides is 1. The van der Waals surface area contributed by atoms with Crippen molar-refractivity contribution in [2.24, 2.45) is 0 Å². The minimum Gasteiger partial charge on any atom is -0.483 e. The molecule has 2 rings (SSSR count). The molecule has 2 aromatic carbocycles. The third-order valence-corrected chi connectivity index (χ3v) is 5.42. The number of amides is 1. The van der Waals surface area contributed by atoms with Gasteiger partial charge in [-0.1, -0.05) is 0 Å². The van der Waals surface area contributed by atoms with Crippen LogP contribution in [0.5, 0.6) is 5.75 Å². The van der Waals surface area contributed by atoms with E-state index < -0.39 is 40.1 Å². The number of alkyl halides is 3. The van der Waals surface area contributed by atoms with E-state index in [1.54, 1.807) is 20.8 Å². The Morgan fingerprint density at radius 3 is 2.37 bits per heavy atom. The fourth-order valence-electron chi connectivity index (χ4n) is 2.49. The Hall–Kier alpha value is -2.66. The van der Waals surface area contributed by atoms with Gasteiger partial charge in [0.15, 0.2) is 6.61 Å². The predicted molar refractivity (Wildman–Crippen MR) is 102 cm³/mol. The molecule has 0 aliphatic rings. The summed E-state index contributed by atoms with van der Waals surface area (Å²) in [6.07, 6.45) is -4.90. The molecule has 0 saturated heterocycles. The van der Waals surface area contributed by atoms with E-state index in [1.165, 1.54) is 18.2 Å². The molecule has 0 heterocycles. The lowest BCUT2D eigenvalue weighted by atomic mass is 10.2. The molecule has 0 bridgehead atoms. The average Bonchev–Trinajstić information content (AvgIpc) is 2.60. The van der Waals surface area contributed by atoms with Gasteiger partial charge in [-0.15, -0.1) is 0 Å². The summed E-state index contributed by atoms with van der Waals surface area (Å²) in [5, 5.41) is 2.19. The molecule has 164 valence electrons. The third-order valence-electron chi connectivity index (χ3n) is 3.76. The van der Waals surface area contributed by atoms with Gasteiger partial charge in [0.05, 0.1) is 10.5 Å². The lowest BCUT2D eigenvalue weighted by molar-refractivity contribution is -0.140. The Labute approximate surface area is 171 Å². The molecule has 1 amide bonds. The van der Waals surface area contributed by atoms with Crippen molar-refractivity contribution < 1.29 is 35.5 Å². The maximum atomic E-state index is 13.3. The van der Waals surface area contributed by atoms with E-state index in [9.17, 15) is 30.8 Å². The van der Waals surface area contributed by atoms with Gasteiger partial charge in [0.25, 0.3) is 5.91 Å². The first-order valence-corrected chi connectivity index (χ1v) is 10.2. The molecule has 0 aliphatic heterocycles. The van der Waals surface area contributed by atoms with Crippen molar-refractivity contribution in [3.05, 3.63) is 53.3 Å². The van der Waals surface area contributed by atoms with Crippen molar-refractivity contribution in [2.75, 3.05) is 11.9 Å². The van der Waals surface area contributed by atoms with Crippen LogP contribution < -0.4 is 14.8 Å². The zero-order chi connectivity index (χ0) is 22.7. The summed E-state index contributed by atoms with van der Waals surface area (Å²) in [4.78, 5) is 12.0. The molecule has 0 aromatic heterocycles. The highest BCUT2D eigenvalue weighted by Gasteiger charge is 2.34. The Bertz CT molecular complexity index is 1040. The number of hydrogen-bond donors (Lipinski definition) is 2. The summed E-state index contributed by atoms with van der Waals surface area (Å²) < 4.78 is 83.6. The smallest absolute Gasteiger partial charge is 0.419 e. The van der Waals surface area contributed by atoms with Gasteiger partial charge in [0.1, 0.15) is 11.6 Å². The SMILES string of the molecule is Cc1cc(S(=O)(=O)NC(C)C)ccc1OCC(=O)Nc1ccc(F)c(C(F)(F)F)c1. The molecular weight excluding hydrogens is 428 g/mol. The van der Waals surface area contributed by atoms with Crippen molar-refractivity contribution in [1.29, 1.82) is 0 Å². The summed E-state index contributed by atoms with van der Waals surface area (Å²) in [6.45, 7) is 4.39. The molecule has 0 saturated carbocycles. The molecule has 2 aromatic rings. The second-order valence-electron chi connectivity index (χ2n) is 6.73. The van der Waals surface area contributed by atoms with Gasteiger partial charge >= 0.3 is 6.18 Å². The van der Waals surface area contributed by atoms with Gasteiger partial charge in [-0.25, -0.2) is 17.5 Å². The number of nitrogens with one attached hydrogen (secondary N) is 2. The molecule has 0 spiro atoms. The maximum absolute atomic E-state index is 13.3. The highest BCUT2D eigenvalue weighted by Crippen LogP contribution is 2.33. The van der Waals surface area contributed by atoms with Gasteiger partial charge in [0.2, 0.25) is 10.0 Å². The van der Waals surface area contributed by atoms with Crippen LogP contribution in [0.25, 0.3) is 0 Å². The Balaban J connectivity index is 2.05. The molecule has 0 aliphatic carbocycles. The fraction of sp³-hybridized carbons (Fsp3) is 0.316. The first kappa shape index (κ1) is 23.6. The monoisotopic (exact) mass is 448 g/mol. The lowest BCUT2D eigenvalue weighted by Crippen LogP contribution is -2.30. The predicted octanol–water partition coefficient (Wildman–Crippen LogP) is 3.86. The molecule has 30 heavy (non-hydrogen) atoms. The van der Waals surface area contributed by atoms with E-state index in [1.807, 2.05) is 0 Å². The quantitative estimate of drug-likeness (QED) is 0.630. The van der Waals surface area contributed by atoms with Crippen LogP contribution in [0.1, 0.15) is 25.0 Å². The number of aryl methyl sites for hydroxylation is 1. The minimum absolute atomic E-state index is 0.0245. The first-order chi connectivity index (χ1) is 13.8. The Morgan fingerprint density at radius 1 is 1.13 bits per heavy atom. The minimum atomic E-state index is -4.90. The van der Waals surface area contributed by atoms with Crippen molar-refractivity contribution in [2.45, 2.75) is 37.9 Å². The first-order valence-electron chi connectivity index (χ1n) is 8.72. The highest BCUT2D eigenvalue weighted by molar-refractivity contribution is 7.89. The molecule has 0 radical (unpaired) electrons. The van der Waals surface area contributed by atoms with Crippen LogP contribution in [0.2, 0.25) is 0 Å². The van der Waals surface area contributed by atoms with E-state index in [-0.39, 0.29) is 22.4 Å². The van der Waals surface area contributed by atoms with Crippen molar-refractivity contribution in [3.8, 4) is 5.75 Å². The van der Waals surface area contributed by atoms with Gasteiger partial charge in [-0.2, -0.15) is 13.2 Å². The van der Waals surface area contributed by atoms with E-state index in [0.717, 1.165) is 6.07 Å². The molecule has 6 nitrogen and oxygen atoms in total.